The Hall–Kier alpha value is -4.71. The van der Waals surface area contributed by atoms with Gasteiger partial charge in [0.1, 0.15) is 0 Å². The second kappa shape index (κ2) is 9.64. The van der Waals surface area contributed by atoms with Crippen LogP contribution in [-0.4, -0.2) is 0 Å². The molecule has 0 heterocycles. The first-order valence-electron chi connectivity index (χ1n) is 15.9. The molecule has 0 bridgehead atoms. The number of fused-ring (bicyclic) bond motifs is 3. The third-order valence-electron chi connectivity index (χ3n) is 10.5. The van der Waals surface area contributed by atoms with Crippen LogP contribution in [0.1, 0.15) is 47.6 Å². The SMILES string of the molecule is CC1(C)c2cc(-c3ccc4c5c3C=CC3=CC=CC(=CC4)C35)ccc2-c2ccc(P(=O)(c3ccccc3)c3ccccc3)cc21. The van der Waals surface area contributed by atoms with Gasteiger partial charge in [-0.2, -0.15) is 0 Å². The maximum atomic E-state index is 15.2. The molecule has 4 aliphatic carbocycles. The molecule has 5 aromatic rings. The zero-order chi connectivity index (χ0) is 30.3. The Morgan fingerprint density at radius 1 is 0.644 bits per heavy atom. The van der Waals surface area contributed by atoms with Crippen molar-refractivity contribution in [1.29, 1.82) is 0 Å². The maximum Gasteiger partial charge on any atom is 0.171 e. The van der Waals surface area contributed by atoms with Crippen LogP contribution < -0.4 is 15.9 Å². The minimum atomic E-state index is -3.07. The van der Waals surface area contributed by atoms with Crippen molar-refractivity contribution in [3.8, 4) is 22.3 Å². The fraction of sp³-hybridized carbons (Fsp3) is 0.116. The van der Waals surface area contributed by atoms with Crippen LogP contribution in [0.3, 0.4) is 0 Å². The van der Waals surface area contributed by atoms with Crippen molar-refractivity contribution in [3.63, 3.8) is 0 Å². The van der Waals surface area contributed by atoms with E-state index in [2.05, 4.69) is 98.8 Å². The highest BCUT2D eigenvalue weighted by Gasteiger charge is 2.39. The highest BCUT2D eigenvalue weighted by molar-refractivity contribution is 7.85. The van der Waals surface area contributed by atoms with Crippen LogP contribution in [0.5, 0.6) is 0 Å². The zero-order valence-electron chi connectivity index (χ0n) is 25.5. The summed E-state index contributed by atoms with van der Waals surface area (Å²) in [5, 5.41) is 2.62. The van der Waals surface area contributed by atoms with E-state index < -0.39 is 7.14 Å². The molecule has 0 fully saturated rings. The van der Waals surface area contributed by atoms with Crippen LogP contribution in [0, 0.1) is 0 Å². The van der Waals surface area contributed by atoms with Gasteiger partial charge >= 0.3 is 0 Å². The lowest BCUT2D eigenvalue weighted by atomic mass is 9.70. The van der Waals surface area contributed by atoms with E-state index in [4.69, 9.17) is 0 Å². The summed E-state index contributed by atoms with van der Waals surface area (Å²) in [4.78, 5) is 0. The Labute approximate surface area is 265 Å². The Balaban J connectivity index is 1.17. The molecular weight excluding hydrogens is 563 g/mol. The molecular formula is C43H33OP. The molecule has 0 aliphatic heterocycles. The Morgan fingerprint density at radius 2 is 1.31 bits per heavy atom. The predicted molar refractivity (Wildman–Crippen MR) is 190 cm³/mol. The smallest absolute Gasteiger partial charge is 0.171 e. The van der Waals surface area contributed by atoms with Gasteiger partial charge in [-0.3, -0.25) is 0 Å². The average molecular weight is 597 g/mol. The van der Waals surface area contributed by atoms with Gasteiger partial charge in [0.25, 0.3) is 0 Å². The molecule has 0 spiro atoms. The van der Waals surface area contributed by atoms with Crippen molar-refractivity contribution in [1.82, 2.24) is 0 Å². The average Bonchev–Trinajstić information content (AvgIpc) is 3.32. The van der Waals surface area contributed by atoms with Gasteiger partial charge in [0.05, 0.1) is 0 Å². The standard InChI is InChI=1S/C43H33OP/c1-43(2)39-26-31(35-22-18-30-17-16-28-10-9-11-29-19-24-38(35)42(30)41(28)29)20-23-36(39)37-25-21-34(27-40(37)43)45(44,32-12-5-3-6-13-32)33-14-7-4-8-15-33/h3-16,18-27,41H,17H2,1-2H3. The first-order chi connectivity index (χ1) is 21.9. The number of rotatable bonds is 4. The second-order valence-corrected chi connectivity index (χ2v) is 16.0. The van der Waals surface area contributed by atoms with Gasteiger partial charge < -0.3 is 4.57 Å². The molecule has 1 unspecified atom stereocenters. The molecule has 5 aromatic carbocycles. The molecule has 2 heteroatoms. The molecule has 0 saturated heterocycles. The highest BCUT2D eigenvalue weighted by Crippen LogP contribution is 2.53. The van der Waals surface area contributed by atoms with Crippen LogP contribution in [0.15, 0.2) is 151 Å². The van der Waals surface area contributed by atoms with Crippen LogP contribution in [0.4, 0.5) is 0 Å². The molecule has 0 aromatic heterocycles. The van der Waals surface area contributed by atoms with E-state index in [1.54, 1.807) is 0 Å². The molecule has 216 valence electrons. The first-order valence-corrected chi connectivity index (χ1v) is 17.6. The number of hydrogen-bond donors (Lipinski definition) is 0. The Bertz CT molecular complexity index is 2180. The lowest BCUT2D eigenvalue weighted by Gasteiger charge is -2.34. The molecule has 45 heavy (non-hydrogen) atoms. The quantitative estimate of drug-likeness (QED) is 0.189. The highest BCUT2D eigenvalue weighted by atomic mass is 31.2. The van der Waals surface area contributed by atoms with E-state index in [1.807, 2.05) is 60.7 Å². The second-order valence-electron chi connectivity index (χ2n) is 13.2. The summed E-state index contributed by atoms with van der Waals surface area (Å²) in [6.07, 6.45) is 14.8. The van der Waals surface area contributed by atoms with E-state index in [0.717, 1.165) is 22.3 Å². The third kappa shape index (κ3) is 3.78. The summed E-state index contributed by atoms with van der Waals surface area (Å²) in [7, 11) is -3.07. The molecule has 0 amide bonds. The van der Waals surface area contributed by atoms with Gasteiger partial charge in [-0.15, -0.1) is 0 Å². The van der Waals surface area contributed by atoms with Crippen LogP contribution in [-0.2, 0) is 16.4 Å². The Kier molecular flexibility index (Phi) is 5.72. The van der Waals surface area contributed by atoms with Gasteiger partial charge in [0.2, 0.25) is 0 Å². The summed E-state index contributed by atoms with van der Waals surface area (Å²) >= 11 is 0. The van der Waals surface area contributed by atoms with E-state index in [0.29, 0.717) is 5.92 Å². The van der Waals surface area contributed by atoms with Crippen molar-refractivity contribution in [2.45, 2.75) is 31.6 Å². The summed E-state index contributed by atoms with van der Waals surface area (Å²) in [5.74, 6) is 0.345. The zero-order valence-corrected chi connectivity index (χ0v) is 26.4. The van der Waals surface area contributed by atoms with Crippen molar-refractivity contribution in [3.05, 3.63) is 179 Å². The fourth-order valence-electron chi connectivity index (χ4n) is 8.18. The fourth-order valence-corrected chi connectivity index (χ4v) is 10.9. The van der Waals surface area contributed by atoms with Gasteiger partial charge in [0.15, 0.2) is 7.14 Å². The topological polar surface area (TPSA) is 17.1 Å². The first kappa shape index (κ1) is 26.7. The summed E-state index contributed by atoms with van der Waals surface area (Å²) in [6.45, 7) is 4.64. The van der Waals surface area contributed by atoms with Crippen molar-refractivity contribution < 1.29 is 4.57 Å². The van der Waals surface area contributed by atoms with Crippen LogP contribution in [0.2, 0.25) is 0 Å². The van der Waals surface area contributed by atoms with Gasteiger partial charge in [-0.25, -0.2) is 0 Å². The van der Waals surface area contributed by atoms with Gasteiger partial charge in [0, 0.05) is 27.2 Å². The monoisotopic (exact) mass is 596 g/mol. The third-order valence-corrected chi connectivity index (χ3v) is 13.5. The lowest BCUT2D eigenvalue weighted by Crippen LogP contribution is -2.26. The van der Waals surface area contributed by atoms with Crippen molar-refractivity contribution in [2.75, 3.05) is 0 Å². The molecule has 1 nitrogen and oxygen atoms in total. The van der Waals surface area contributed by atoms with E-state index in [1.165, 1.54) is 61.2 Å². The predicted octanol–water partition coefficient (Wildman–Crippen LogP) is 9.39. The lowest BCUT2D eigenvalue weighted by molar-refractivity contribution is 0.592. The molecule has 0 N–H and O–H groups in total. The van der Waals surface area contributed by atoms with E-state index in [-0.39, 0.29) is 5.41 Å². The molecule has 0 saturated carbocycles. The normalized spacial score (nSPS) is 18.0. The molecule has 9 rings (SSSR count). The summed E-state index contributed by atoms with van der Waals surface area (Å²) in [6, 6.07) is 38.2. The van der Waals surface area contributed by atoms with Crippen molar-refractivity contribution >= 4 is 29.1 Å². The molecule has 1 atom stereocenters. The summed E-state index contributed by atoms with van der Waals surface area (Å²) in [5.41, 5.74) is 14.5. The van der Waals surface area contributed by atoms with Gasteiger partial charge in [-0.1, -0.05) is 147 Å². The van der Waals surface area contributed by atoms with Crippen LogP contribution in [0.25, 0.3) is 28.3 Å². The van der Waals surface area contributed by atoms with Crippen LogP contribution >= 0.6 is 7.14 Å². The van der Waals surface area contributed by atoms with Crippen molar-refractivity contribution in [2.24, 2.45) is 0 Å². The van der Waals surface area contributed by atoms with E-state index in [9.17, 15) is 0 Å². The number of benzene rings is 5. The molecule has 4 aliphatic rings. The minimum Gasteiger partial charge on any atom is -0.309 e. The minimum absolute atomic E-state index is 0.240. The van der Waals surface area contributed by atoms with E-state index >= 15 is 4.57 Å². The number of hydrogen-bond acceptors (Lipinski definition) is 1. The molecule has 0 radical (unpaired) electrons. The summed E-state index contributed by atoms with van der Waals surface area (Å²) < 4.78 is 15.2. The Morgan fingerprint density at radius 3 is 2.04 bits per heavy atom. The van der Waals surface area contributed by atoms with Gasteiger partial charge in [-0.05, 0) is 79.8 Å². The largest absolute Gasteiger partial charge is 0.309 e. The number of allylic oxidation sites excluding steroid dienone is 7. The maximum absolute atomic E-state index is 15.2.